The van der Waals surface area contributed by atoms with Gasteiger partial charge in [-0.05, 0) is 49.8 Å². The molecular weight excluding hydrogens is 470 g/mol. The third kappa shape index (κ3) is 4.90. The zero-order valence-corrected chi connectivity index (χ0v) is 21.4. The molecule has 3 N–H and O–H groups in total. The summed E-state index contributed by atoms with van der Waals surface area (Å²) in [4.78, 5) is 19.9. The van der Waals surface area contributed by atoms with Crippen molar-refractivity contribution in [2.24, 2.45) is 11.7 Å². The maximum Gasteiger partial charge on any atom is 0.274 e. The Morgan fingerprint density at radius 1 is 1.30 bits per heavy atom. The molecule has 1 amide bonds. The quantitative estimate of drug-likeness (QED) is 0.396. The average molecular weight is 504 g/mol. The molecule has 0 aliphatic carbocycles. The van der Waals surface area contributed by atoms with Crippen LogP contribution >= 0.6 is 0 Å². The monoisotopic (exact) mass is 503 g/mol. The van der Waals surface area contributed by atoms with Gasteiger partial charge in [-0.3, -0.25) is 4.79 Å². The van der Waals surface area contributed by atoms with Crippen molar-refractivity contribution in [3.05, 3.63) is 77.1 Å². The minimum absolute atomic E-state index is 0.0707. The van der Waals surface area contributed by atoms with Crippen LogP contribution in [0.15, 0.2) is 53.5 Å². The number of carbonyl (C=O) groups excluding carboxylic acids is 1. The summed E-state index contributed by atoms with van der Waals surface area (Å²) in [6, 6.07) is 10.1. The first-order valence-electron chi connectivity index (χ1n) is 12.6. The van der Waals surface area contributed by atoms with Gasteiger partial charge in [-0.25, -0.2) is 4.98 Å². The molecule has 37 heavy (non-hydrogen) atoms. The van der Waals surface area contributed by atoms with Gasteiger partial charge in [-0.15, -0.1) is 0 Å². The lowest BCUT2D eigenvalue weighted by atomic mass is 9.86. The van der Waals surface area contributed by atoms with Gasteiger partial charge in [0.1, 0.15) is 17.6 Å². The first-order valence-corrected chi connectivity index (χ1v) is 12.6. The highest BCUT2D eigenvalue weighted by Crippen LogP contribution is 2.30. The van der Waals surface area contributed by atoms with E-state index in [0.29, 0.717) is 30.9 Å². The number of methoxy groups -OCH3 is 1. The minimum Gasteiger partial charge on any atom is -0.391 e. The van der Waals surface area contributed by atoms with E-state index >= 15 is 0 Å². The second-order valence-corrected chi connectivity index (χ2v) is 9.78. The van der Waals surface area contributed by atoms with Crippen molar-refractivity contribution in [3.8, 4) is 11.1 Å². The fraction of sp³-hybridized carbons (Fsp3) is 0.393. The zero-order chi connectivity index (χ0) is 26.1. The van der Waals surface area contributed by atoms with E-state index in [1.165, 1.54) is 0 Å². The number of nitrogens with two attached hydrogens (primary N) is 1. The van der Waals surface area contributed by atoms with Crippen LogP contribution in [0.1, 0.15) is 52.3 Å². The zero-order valence-electron chi connectivity index (χ0n) is 21.4. The van der Waals surface area contributed by atoms with Crippen molar-refractivity contribution in [1.29, 1.82) is 0 Å². The number of amides is 1. The number of benzene rings is 1. The Hall–Kier alpha value is -3.53. The number of hydrogen-bond donors (Lipinski definition) is 2. The van der Waals surface area contributed by atoms with Crippen LogP contribution in [0.3, 0.4) is 0 Å². The lowest BCUT2D eigenvalue weighted by Crippen LogP contribution is -2.47. The number of imidazole rings is 1. The first-order chi connectivity index (χ1) is 17.9. The Kier molecular flexibility index (Phi) is 7.10. The largest absolute Gasteiger partial charge is 0.391 e. The summed E-state index contributed by atoms with van der Waals surface area (Å²) in [7, 11) is 1.64. The molecule has 0 spiro atoms. The normalized spacial score (nSPS) is 18.9. The van der Waals surface area contributed by atoms with Crippen LogP contribution in [0.25, 0.3) is 16.8 Å². The van der Waals surface area contributed by atoms with Gasteiger partial charge < -0.3 is 29.4 Å². The van der Waals surface area contributed by atoms with E-state index in [1.807, 2.05) is 48.7 Å². The van der Waals surface area contributed by atoms with E-state index in [1.54, 1.807) is 24.5 Å². The van der Waals surface area contributed by atoms with E-state index in [2.05, 4.69) is 11.2 Å². The van der Waals surface area contributed by atoms with Gasteiger partial charge in [0.05, 0.1) is 17.9 Å². The molecule has 1 unspecified atom stereocenters. The summed E-state index contributed by atoms with van der Waals surface area (Å²) in [5.41, 5.74) is 12.5. The van der Waals surface area contributed by atoms with Gasteiger partial charge in [0.2, 0.25) is 0 Å². The number of likely N-dealkylation sites (tertiary alicyclic amines) is 1. The fourth-order valence-corrected chi connectivity index (χ4v) is 5.17. The van der Waals surface area contributed by atoms with Crippen molar-refractivity contribution in [1.82, 2.24) is 19.4 Å². The number of β-amino-alcohol motifs (C(OH)–C–C–N with tert-alkyl or cyclic N) is 1. The maximum absolute atomic E-state index is 13.5. The van der Waals surface area contributed by atoms with Gasteiger partial charge in [0.25, 0.3) is 5.91 Å². The maximum atomic E-state index is 13.5. The molecule has 1 saturated heterocycles. The van der Waals surface area contributed by atoms with Crippen LogP contribution in [0, 0.1) is 12.8 Å². The highest BCUT2D eigenvalue weighted by atomic mass is 16.5. The summed E-state index contributed by atoms with van der Waals surface area (Å²) in [5, 5.41) is 14.9. The number of piperidine rings is 1. The second kappa shape index (κ2) is 10.5. The number of aryl methyl sites for hydroxylation is 1. The number of nitrogens with zero attached hydrogens (tertiary/aromatic N) is 4. The second-order valence-electron chi connectivity index (χ2n) is 9.78. The van der Waals surface area contributed by atoms with Crippen LogP contribution in [0.4, 0.5) is 0 Å². The molecule has 3 atom stereocenters. The van der Waals surface area contributed by atoms with E-state index in [0.717, 1.165) is 39.9 Å². The van der Waals surface area contributed by atoms with E-state index in [9.17, 15) is 9.90 Å². The summed E-state index contributed by atoms with van der Waals surface area (Å²) in [5.74, 6) is -0.122. The standard InChI is InChI=1S/C28H33N5O4/c1-17-24(16-37-31-17)22-11-23(18(2)36-3)27-30-25(14-33(27)13-22)28(35)32-9-8-20(26(34)15-32)10-19-6-4-5-7-21(19)12-29/h4-7,11,13-14,16,18,20,26,34H,8-10,12,15,29H2,1-3H3/t18-,20?,26-/m1/s1. The molecule has 1 aromatic carbocycles. The smallest absolute Gasteiger partial charge is 0.274 e. The van der Waals surface area contributed by atoms with E-state index in [-0.39, 0.29) is 24.5 Å². The number of pyridine rings is 1. The molecule has 9 heteroatoms. The third-order valence-corrected chi connectivity index (χ3v) is 7.48. The van der Waals surface area contributed by atoms with Gasteiger partial charge in [0.15, 0.2) is 0 Å². The van der Waals surface area contributed by atoms with Crippen molar-refractivity contribution in [2.45, 2.75) is 45.4 Å². The Morgan fingerprint density at radius 2 is 2.08 bits per heavy atom. The number of hydrogen-bond acceptors (Lipinski definition) is 7. The molecule has 1 fully saturated rings. The average Bonchev–Trinajstić information content (AvgIpc) is 3.54. The predicted molar refractivity (Wildman–Crippen MR) is 139 cm³/mol. The number of carbonyl (C=O) groups is 1. The molecule has 5 rings (SSSR count). The number of fused-ring (bicyclic) bond motifs is 1. The predicted octanol–water partition coefficient (Wildman–Crippen LogP) is 3.53. The van der Waals surface area contributed by atoms with E-state index < -0.39 is 6.10 Å². The van der Waals surface area contributed by atoms with Gasteiger partial charge in [0, 0.05) is 55.8 Å². The molecule has 0 bridgehead atoms. The molecule has 1 aliphatic heterocycles. The highest BCUT2D eigenvalue weighted by molar-refractivity contribution is 5.93. The minimum atomic E-state index is -0.618. The molecule has 3 aromatic heterocycles. The molecule has 4 heterocycles. The summed E-state index contributed by atoms with van der Waals surface area (Å²) < 4.78 is 12.6. The van der Waals surface area contributed by atoms with Gasteiger partial charge in [-0.1, -0.05) is 29.4 Å². The topological polar surface area (TPSA) is 119 Å². The Morgan fingerprint density at radius 3 is 2.76 bits per heavy atom. The van der Waals surface area contributed by atoms with E-state index in [4.69, 9.17) is 20.0 Å². The lowest BCUT2D eigenvalue weighted by Gasteiger charge is -2.36. The Labute approximate surface area is 215 Å². The van der Waals surface area contributed by atoms with Crippen LogP contribution in [0.2, 0.25) is 0 Å². The van der Waals surface area contributed by atoms with Crippen molar-refractivity contribution < 1.29 is 19.2 Å². The van der Waals surface area contributed by atoms with Crippen LogP contribution in [0.5, 0.6) is 0 Å². The van der Waals surface area contributed by atoms with Gasteiger partial charge in [-0.2, -0.15) is 0 Å². The summed E-state index contributed by atoms with van der Waals surface area (Å²) in [6.07, 6.45) is 5.87. The molecule has 0 saturated carbocycles. The molecular formula is C28H33N5O4. The molecule has 9 nitrogen and oxygen atoms in total. The van der Waals surface area contributed by atoms with Crippen molar-refractivity contribution in [2.75, 3.05) is 20.2 Å². The first kappa shape index (κ1) is 25.1. The van der Waals surface area contributed by atoms with Crippen molar-refractivity contribution in [3.63, 3.8) is 0 Å². The fourth-order valence-electron chi connectivity index (χ4n) is 5.17. The molecule has 4 aromatic rings. The number of aliphatic hydroxyl groups excluding tert-OH is 1. The third-order valence-electron chi connectivity index (χ3n) is 7.48. The van der Waals surface area contributed by atoms with Crippen LogP contribution in [-0.4, -0.2) is 56.8 Å². The van der Waals surface area contributed by atoms with Crippen LogP contribution in [-0.2, 0) is 17.7 Å². The van der Waals surface area contributed by atoms with Gasteiger partial charge >= 0.3 is 0 Å². The number of aromatic nitrogens is 3. The Balaban J connectivity index is 1.38. The molecule has 194 valence electrons. The number of rotatable bonds is 7. The highest BCUT2D eigenvalue weighted by Gasteiger charge is 2.32. The molecule has 0 radical (unpaired) electrons. The summed E-state index contributed by atoms with van der Waals surface area (Å²) >= 11 is 0. The SMILES string of the molecule is CO[C@H](C)c1cc(-c2conc2C)cn2cc(C(=O)N3CCC(Cc4ccccc4CN)[C@H](O)C3)nc12. The summed E-state index contributed by atoms with van der Waals surface area (Å²) in [6.45, 7) is 5.13. The Bertz CT molecular complexity index is 1410. The molecule has 1 aliphatic rings. The number of ether oxygens (including phenoxy) is 1. The lowest BCUT2D eigenvalue weighted by molar-refractivity contribution is 0.0194. The number of aliphatic hydroxyl groups is 1. The van der Waals surface area contributed by atoms with Crippen LogP contribution < -0.4 is 5.73 Å². The van der Waals surface area contributed by atoms with Crippen molar-refractivity contribution >= 4 is 11.6 Å².